The van der Waals surface area contributed by atoms with Crippen LogP contribution in [0.5, 0.6) is 0 Å². The van der Waals surface area contributed by atoms with E-state index in [1.165, 1.54) is 11.3 Å². The first-order valence-electron chi connectivity index (χ1n) is 8.28. The van der Waals surface area contributed by atoms with Gasteiger partial charge in [0.2, 0.25) is 0 Å². The van der Waals surface area contributed by atoms with E-state index in [1.807, 2.05) is 24.0 Å². The van der Waals surface area contributed by atoms with Gasteiger partial charge in [0.05, 0.1) is 6.04 Å². The molecule has 1 aromatic heterocycles. The van der Waals surface area contributed by atoms with Crippen LogP contribution in [0.15, 0.2) is 36.5 Å². The summed E-state index contributed by atoms with van der Waals surface area (Å²) in [7, 11) is 0. The molecule has 0 saturated carbocycles. The molecule has 4 heteroatoms. The molecule has 0 fully saturated rings. The van der Waals surface area contributed by atoms with Crippen molar-refractivity contribution in [2.75, 3.05) is 11.9 Å². The fourth-order valence-corrected chi connectivity index (χ4v) is 3.42. The molecule has 0 bridgehead atoms. The summed E-state index contributed by atoms with van der Waals surface area (Å²) in [4.78, 5) is 14.9. The number of nitrogens with one attached hydrogen (secondary N) is 1. The Balaban J connectivity index is 1.86. The highest BCUT2D eigenvalue weighted by Crippen LogP contribution is 2.33. The second-order valence-corrected chi connectivity index (χ2v) is 6.69. The number of carbonyl (C=O) groups is 1. The van der Waals surface area contributed by atoms with Crippen LogP contribution < -0.4 is 5.32 Å². The monoisotopic (exact) mass is 311 g/mol. The van der Waals surface area contributed by atoms with Gasteiger partial charge in [0, 0.05) is 30.7 Å². The first-order valence-corrected chi connectivity index (χ1v) is 8.28. The number of amides is 2. The maximum absolute atomic E-state index is 12.9. The van der Waals surface area contributed by atoms with Crippen molar-refractivity contribution in [2.45, 2.75) is 40.3 Å². The van der Waals surface area contributed by atoms with E-state index in [-0.39, 0.29) is 12.1 Å². The molecule has 0 spiro atoms. The lowest BCUT2D eigenvalue weighted by atomic mass is 9.97. The third-order valence-corrected chi connectivity index (χ3v) is 4.82. The summed E-state index contributed by atoms with van der Waals surface area (Å²) in [6.07, 6.45) is 2.10. The number of nitrogens with zero attached hydrogens (tertiary/aromatic N) is 2. The Hall–Kier alpha value is -2.23. The van der Waals surface area contributed by atoms with Crippen molar-refractivity contribution in [1.29, 1.82) is 0 Å². The van der Waals surface area contributed by atoms with Gasteiger partial charge in [-0.25, -0.2) is 4.79 Å². The van der Waals surface area contributed by atoms with E-state index in [4.69, 9.17) is 0 Å². The zero-order valence-electron chi connectivity index (χ0n) is 14.3. The van der Waals surface area contributed by atoms with Crippen molar-refractivity contribution >= 4 is 11.7 Å². The van der Waals surface area contributed by atoms with E-state index in [0.717, 1.165) is 24.3 Å². The molecule has 1 unspecified atom stereocenters. The molecule has 2 amide bonds. The van der Waals surface area contributed by atoms with Gasteiger partial charge < -0.3 is 14.8 Å². The molecule has 1 aliphatic heterocycles. The summed E-state index contributed by atoms with van der Waals surface area (Å²) in [5, 5.41) is 3.11. The van der Waals surface area contributed by atoms with Gasteiger partial charge in [-0.3, -0.25) is 0 Å². The van der Waals surface area contributed by atoms with Gasteiger partial charge in [-0.15, -0.1) is 0 Å². The minimum atomic E-state index is -0.00940. The van der Waals surface area contributed by atoms with E-state index < -0.39 is 0 Å². The van der Waals surface area contributed by atoms with Gasteiger partial charge in [-0.1, -0.05) is 26.0 Å². The Morgan fingerprint density at radius 1 is 1.17 bits per heavy atom. The van der Waals surface area contributed by atoms with E-state index in [1.54, 1.807) is 0 Å². The van der Waals surface area contributed by atoms with Crippen LogP contribution in [0.4, 0.5) is 10.5 Å². The molecule has 1 N–H and O–H groups in total. The zero-order valence-corrected chi connectivity index (χ0v) is 14.3. The molecule has 4 nitrogen and oxygen atoms in total. The van der Waals surface area contributed by atoms with Gasteiger partial charge in [0.15, 0.2) is 0 Å². The molecule has 1 atom stereocenters. The number of fused-ring (bicyclic) bond motifs is 1. The molecule has 1 aliphatic rings. The van der Waals surface area contributed by atoms with Gasteiger partial charge >= 0.3 is 6.03 Å². The first kappa shape index (κ1) is 15.7. The lowest BCUT2D eigenvalue weighted by molar-refractivity contribution is 0.144. The Bertz CT molecular complexity index is 717. The second kappa shape index (κ2) is 6.11. The maximum atomic E-state index is 12.9. The molecule has 2 aromatic rings. The van der Waals surface area contributed by atoms with Gasteiger partial charge in [-0.05, 0) is 49.1 Å². The van der Waals surface area contributed by atoms with Crippen molar-refractivity contribution in [3.63, 3.8) is 0 Å². The molecule has 23 heavy (non-hydrogen) atoms. The number of carbonyl (C=O) groups excluding carboxylic acids is 1. The van der Waals surface area contributed by atoms with Crippen molar-refractivity contribution in [3.8, 4) is 0 Å². The topological polar surface area (TPSA) is 37.3 Å². The standard InChI is InChI=1S/C19H25N3O/c1-13(2)18-17-9-6-10-21(17)11-12-22(18)19(23)20-16-8-5-7-14(3)15(16)4/h5-10,13,18H,11-12H2,1-4H3,(H,20,23). The number of rotatable bonds is 2. The van der Waals surface area contributed by atoms with E-state index in [0.29, 0.717) is 5.92 Å². The predicted octanol–water partition coefficient (Wildman–Crippen LogP) is 4.35. The largest absolute Gasteiger partial charge is 0.348 e. The van der Waals surface area contributed by atoms with Crippen LogP contribution in [0.2, 0.25) is 0 Å². The average molecular weight is 311 g/mol. The molecule has 3 rings (SSSR count). The van der Waals surface area contributed by atoms with Gasteiger partial charge in [-0.2, -0.15) is 0 Å². The number of anilines is 1. The minimum Gasteiger partial charge on any atom is -0.348 e. The molecule has 1 aromatic carbocycles. The first-order chi connectivity index (χ1) is 11.0. The highest BCUT2D eigenvalue weighted by atomic mass is 16.2. The number of aromatic nitrogens is 1. The predicted molar refractivity (Wildman–Crippen MR) is 93.7 cm³/mol. The number of benzene rings is 1. The fraction of sp³-hybridized carbons (Fsp3) is 0.421. The number of urea groups is 1. The highest BCUT2D eigenvalue weighted by molar-refractivity contribution is 5.90. The summed E-state index contributed by atoms with van der Waals surface area (Å²) in [6.45, 7) is 10.0. The summed E-state index contributed by atoms with van der Waals surface area (Å²) in [5.74, 6) is 0.369. The Kier molecular flexibility index (Phi) is 4.16. The van der Waals surface area contributed by atoms with Gasteiger partial charge in [0.25, 0.3) is 0 Å². The van der Waals surface area contributed by atoms with E-state index in [9.17, 15) is 4.79 Å². The summed E-state index contributed by atoms with van der Waals surface area (Å²) >= 11 is 0. The van der Waals surface area contributed by atoms with Crippen molar-refractivity contribution in [2.24, 2.45) is 5.92 Å². The lowest BCUT2D eigenvalue weighted by Crippen LogP contribution is -2.45. The van der Waals surface area contributed by atoms with Crippen LogP contribution in [0.25, 0.3) is 0 Å². The zero-order chi connectivity index (χ0) is 16.6. The van der Waals surface area contributed by atoms with Crippen molar-refractivity contribution in [3.05, 3.63) is 53.3 Å². The second-order valence-electron chi connectivity index (χ2n) is 6.69. The fourth-order valence-electron chi connectivity index (χ4n) is 3.42. The molecular formula is C19H25N3O. The third-order valence-electron chi connectivity index (χ3n) is 4.82. The van der Waals surface area contributed by atoms with E-state index in [2.05, 4.69) is 55.1 Å². The molecule has 0 radical (unpaired) electrons. The molecular weight excluding hydrogens is 286 g/mol. The molecule has 122 valence electrons. The summed E-state index contributed by atoms with van der Waals surface area (Å²) in [6, 6.07) is 10.3. The average Bonchev–Trinajstić information content (AvgIpc) is 2.98. The SMILES string of the molecule is Cc1cccc(NC(=O)N2CCn3cccc3C2C(C)C)c1C. The van der Waals surface area contributed by atoms with Gasteiger partial charge in [0.1, 0.15) is 0 Å². The van der Waals surface area contributed by atoms with Crippen molar-refractivity contribution in [1.82, 2.24) is 9.47 Å². The van der Waals surface area contributed by atoms with Crippen LogP contribution in [-0.2, 0) is 6.54 Å². The summed E-state index contributed by atoms with van der Waals surface area (Å²) in [5.41, 5.74) is 4.44. The molecule has 0 aliphatic carbocycles. The normalized spacial score (nSPS) is 17.3. The lowest BCUT2D eigenvalue weighted by Gasteiger charge is -2.39. The Morgan fingerprint density at radius 3 is 2.70 bits per heavy atom. The van der Waals surface area contributed by atoms with Crippen LogP contribution in [0.1, 0.15) is 36.7 Å². The number of hydrogen-bond acceptors (Lipinski definition) is 1. The van der Waals surface area contributed by atoms with Crippen LogP contribution in [0, 0.1) is 19.8 Å². The van der Waals surface area contributed by atoms with Crippen LogP contribution in [-0.4, -0.2) is 22.0 Å². The van der Waals surface area contributed by atoms with Crippen molar-refractivity contribution < 1.29 is 4.79 Å². The van der Waals surface area contributed by atoms with E-state index >= 15 is 0 Å². The molecule has 2 heterocycles. The molecule has 0 saturated heterocycles. The highest BCUT2D eigenvalue weighted by Gasteiger charge is 2.33. The number of hydrogen-bond donors (Lipinski definition) is 1. The smallest absolute Gasteiger partial charge is 0.322 e. The minimum absolute atomic E-state index is 0.00940. The van der Waals surface area contributed by atoms with Crippen LogP contribution >= 0.6 is 0 Å². The Labute approximate surface area is 138 Å². The van der Waals surface area contributed by atoms with Crippen LogP contribution in [0.3, 0.4) is 0 Å². The summed E-state index contributed by atoms with van der Waals surface area (Å²) < 4.78 is 2.26. The maximum Gasteiger partial charge on any atom is 0.322 e. The Morgan fingerprint density at radius 2 is 1.96 bits per heavy atom. The third kappa shape index (κ3) is 2.85. The number of aryl methyl sites for hydroxylation is 1. The quantitative estimate of drug-likeness (QED) is 0.879.